The van der Waals surface area contributed by atoms with Crippen LogP contribution in [0, 0.1) is 0 Å². The summed E-state index contributed by atoms with van der Waals surface area (Å²) in [6, 6.07) is -0.795. The second-order valence-corrected chi connectivity index (χ2v) is 31.7. The summed E-state index contributed by atoms with van der Waals surface area (Å²) in [7, 11) is -3.76. The summed E-state index contributed by atoms with van der Waals surface area (Å²) in [4.78, 5) is 39.1. The van der Waals surface area contributed by atoms with Crippen LogP contribution in [0.15, 0.2) is 12.2 Å². The Morgan fingerprint density at radius 1 is 0.792 bits per heavy atom. The van der Waals surface area contributed by atoms with Crippen LogP contribution in [-0.2, 0) is 46.6 Å². The van der Waals surface area contributed by atoms with E-state index in [2.05, 4.69) is 107 Å². The van der Waals surface area contributed by atoms with E-state index in [0.717, 1.165) is 0 Å². The highest BCUT2D eigenvalue weighted by Gasteiger charge is 2.60. The molecule has 48 heavy (non-hydrogen) atoms. The molecule has 0 radical (unpaired) electrons. The molecule has 1 aliphatic heterocycles. The summed E-state index contributed by atoms with van der Waals surface area (Å²) in [5, 5.41) is 2.44. The van der Waals surface area contributed by atoms with Gasteiger partial charge >= 0.3 is 11.9 Å². The van der Waals surface area contributed by atoms with Gasteiger partial charge in [-0.05, 0) is 60.5 Å². The van der Waals surface area contributed by atoms with Gasteiger partial charge in [-0.15, -0.1) is 0 Å². The van der Waals surface area contributed by atoms with Crippen molar-refractivity contribution in [3.8, 4) is 0 Å². The van der Waals surface area contributed by atoms with Crippen molar-refractivity contribution < 1.29 is 46.6 Å². The number of rotatable bonds is 13. The van der Waals surface area contributed by atoms with Gasteiger partial charge in [-0.1, -0.05) is 62.3 Å². The first-order valence-electron chi connectivity index (χ1n) is 16.8. The molecule has 1 N–H and O–H groups in total. The number of carbonyl (C=O) groups is 3. The number of hydrogen-bond donors (Lipinski definition) is 1. The van der Waals surface area contributed by atoms with E-state index in [0.29, 0.717) is 0 Å². The van der Waals surface area contributed by atoms with E-state index < -0.39 is 73.1 Å². The monoisotopic (exact) mass is 733 g/mol. The lowest BCUT2D eigenvalue weighted by molar-refractivity contribution is -0.300. The lowest BCUT2D eigenvalue weighted by Crippen LogP contribution is -2.71. The summed E-state index contributed by atoms with van der Waals surface area (Å²) in [5.41, 5.74) is 0. The molecule has 0 saturated carbocycles. The van der Waals surface area contributed by atoms with Crippen molar-refractivity contribution >= 4 is 42.8 Å². The number of amides is 1. The number of hydrogen-bond acceptors (Lipinski definition) is 10. The smallest absolute Gasteiger partial charge is 0.366 e. The highest BCUT2D eigenvalue weighted by Crippen LogP contribution is 2.46. The molecule has 6 atom stereocenters. The summed E-state index contributed by atoms with van der Waals surface area (Å²) in [6.45, 7) is 33.2. The predicted molar refractivity (Wildman–Crippen MR) is 196 cm³/mol. The molecule has 11 nitrogen and oxygen atoms in total. The Bertz CT molecular complexity index is 1150. The van der Waals surface area contributed by atoms with E-state index in [1.165, 1.54) is 34.3 Å². The number of methoxy groups -OCH3 is 3. The van der Waals surface area contributed by atoms with Crippen molar-refractivity contribution in [3.05, 3.63) is 12.2 Å². The Kier molecular flexibility index (Phi) is 14.8. The standard InChI is InChI=1S/C34H67NO10Si3/c1-23(36)35-27-25(44-47(16,17)32(5,6)7)22-34(41-13,30(38)40-12)42-29(27)28(45-48(18,19)33(8,9)10)24(20-21-26(37)39-11)43-46(14,15)31(2,3)4/h20-21,24-25,27-29H,22H2,1-19H3,(H,35,36)/b21-20+/t24-,25+,27-,28-,29-,34+/m1/s1. The quantitative estimate of drug-likeness (QED) is 0.124. The maximum Gasteiger partial charge on any atom is 0.366 e. The van der Waals surface area contributed by atoms with Crippen LogP contribution in [0.25, 0.3) is 0 Å². The number of nitrogens with one attached hydrogen (secondary N) is 1. The van der Waals surface area contributed by atoms with Gasteiger partial charge in [0.25, 0.3) is 5.79 Å². The number of ether oxygens (including phenoxy) is 4. The van der Waals surface area contributed by atoms with Crippen LogP contribution < -0.4 is 5.32 Å². The van der Waals surface area contributed by atoms with E-state index >= 15 is 0 Å². The third-order valence-electron chi connectivity index (χ3n) is 10.7. The fourth-order valence-corrected chi connectivity index (χ4v) is 8.50. The molecule has 0 aliphatic carbocycles. The molecule has 0 bridgehead atoms. The van der Waals surface area contributed by atoms with Gasteiger partial charge in [0.1, 0.15) is 12.2 Å². The van der Waals surface area contributed by atoms with Gasteiger partial charge in [-0.3, -0.25) is 4.79 Å². The van der Waals surface area contributed by atoms with Crippen LogP contribution in [0.3, 0.4) is 0 Å². The summed E-state index contributed by atoms with van der Waals surface area (Å²) >= 11 is 0. The molecule has 1 rings (SSSR count). The minimum atomic E-state index is -2.66. The Balaban J connectivity index is 4.30. The van der Waals surface area contributed by atoms with Crippen LogP contribution in [0.4, 0.5) is 0 Å². The molecule has 1 amide bonds. The maximum absolute atomic E-state index is 13.6. The van der Waals surface area contributed by atoms with Gasteiger partial charge in [-0.25, -0.2) is 9.59 Å². The molecule has 1 aliphatic rings. The third kappa shape index (κ3) is 10.8. The van der Waals surface area contributed by atoms with Crippen LogP contribution >= 0.6 is 0 Å². The highest BCUT2D eigenvalue weighted by molar-refractivity contribution is 6.75. The van der Waals surface area contributed by atoms with Crippen molar-refractivity contribution in [2.75, 3.05) is 21.3 Å². The lowest BCUT2D eigenvalue weighted by Gasteiger charge is -2.53. The molecule has 1 saturated heterocycles. The highest BCUT2D eigenvalue weighted by atomic mass is 28.4. The molecule has 0 aromatic carbocycles. The van der Waals surface area contributed by atoms with Gasteiger partial charge in [0.15, 0.2) is 25.0 Å². The van der Waals surface area contributed by atoms with Gasteiger partial charge in [0.05, 0.1) is 32.5 Å². The topological polar surface area (TPSA) is 128 Å². The van der Waals surface area contributed by atoms with Crippen LogP contribution in [0.5, 0.6) is 0 Å². The average Bonchev–Trinajstić information content (AvgIpc) is 2.92. The fraction of sp³-hybridized carbons (Fsp3) is 0.853. The van der Waals surface area contributed by atoms with Crippen molar-refractivity contribution in [2.45, 2.75) is 166 Å². The number of esters is 2. The minimum Gasteiger partial charge on any atom is -0.466 e. The van der Waals surface area contributed by atoms with E-state index in [1.807, 2.05) is 0 Å². The van der Waals surface area contributed by atoms with Gasteiger partial charge < -0.3 is 37.5 Å². The maximum atomic E-state index is 13.6. The van der Waals surface area contributed by atoms with Gasteiger partial charge in [0, 0.05) is 26.5 Å². The fourth-order valence-electron chi connectivity index (χ4n) is 4.61. The first kappa shape index (κ1) is 44.6. The molecule has 0 aromatic rings. The molecular formula is C34H67NO10Si3. The van der Waals surface area contributed by atoms with Crippen molar-refractivity contribution in [1.29, 1.82) is 0 Å². The van der Waals surface area contributed by atoms with Crippen LogP contribution in [0.2, 0.25) is 54.4 Å². The Hall–Kier alpha value is -1.40. The Morgan fingerprint density at radius 3 is 1.67 bits per heavy atom. The molecule has 0 aromatic heterocycles. The largest absolute Gasteiger partial charge is 0.466 e. The van der Waals surface area contributed by atoms with E-state index in [-0.39, 0.29) is 27.4 Å². The van der Waals surface area contributed by atoms with Gasteiger partial charge in [0.2, 0.25) is 5.91 Å². The molecule has 280 valence electrons. The van der Waals surface area contributed by atoms with E-state index in [4.69, 9.17) is 32.2 Å². The molecular weight excluding hydrogens is 667 g/mol. The van der Waals surface area contributed by atoms with Crippen LogP contribution in [-0.4, -0.2) is 100 Å². The molecule has 1 fully saturated rings. The zero-order valence-electron chi connectivity index (χ0n) is 33.3. The van der Waals surface area contributed by atoms with Crippen molar-refractivity contribution in [1.82, 2.24) is 5.32 Å². The third-order valence-corrected chi connectivity index (χ3v) is 24.2. The first-order valence-corrected chi connectivity index (χ1v) is 25.5. The summed E-state index contributed by atoms with van der Waals surface area (Å²) in [6.07, 6.45) is -0.670. The SMILES string of the molecule is COC(=O)/C=C/[C@@H](O[Si](C)(C)C(C)(C)C)[C@@H](O[Si](C)(C)C(C)(C)C)[C@@H]1O[C@](OC)(C(=O)OC)C[C@H](O[Si](C)(C)C(C)(C)C)[C@H]1NC(C)=O. The molecule has 0 spiro atoms. The van der Waals surface area contributed by atoms with Crippen molar-refractivity contribution in [3.63, 3.8) is 0 Å². The van der Waals surface area contributed by atoms with Crippen LogP contribution in [0.1, 0.15) is 75.7 Å². The molecule has 1 heterocycles. The molecule has 14 heteroatoms. The zero-order chi connectivity index (χ0) is 37.9. The Morgan fingerprint density at radius 2 is 1.27 bits per heavy atom. The second kappa shape index (κ2) is 15.9. The van der Waals surface area contributed by atoms with Crippen molar-refractivity contribution in [2.24, 2.45) is 0 Å². The predicted octanol–water partition coefficient (Wildman–Crippen LogP) is 6.70. The average molecular weight is 734 g/mol. The number of carbonyl (C=O) groups excluding carboxylic acids is 3. The lowest BCUT2D eigenvalue weighted by atomic mass is 9.88. The molecule has 0 unspecified atom stereocenters. The Labute approximate surface area is 293 Å². The van der Waals surface area contributed by atoms with E-state index in [9.17, 15) is 14.4 Å². The first-order chi connectivity index (χ1) is 21.4. The van der Waals surface area contributed by atoms with Gasteiger partial charge in [-0.2, -0.15) is 0 Å². The normalized spacial score (nSPS) is 24.6. The summed E-state index contributed by atoms with van der Waals surface area (Å²) < 4.78 is 44.2. The summed E-state index contributed by atoms with van der Waals surface area (Å²) in [5.74, 6) is -3.49. The zero-order valence-corrected chi connectivity index (χ0v) is 36.3. The second-order valence-electron chi connectivity index (χ2n) is 17.4. The minimum absolute atomic E-state index is 0.0390. The van der Waals surface area contributed by atoms with E-state index in [1.54, 1.807) is 6.08 Å².